The third-order valence-corrected chi connectivity index (χ3v) is 5.28. The molecule has 0 aliphatic heterocycles. The zero-order chi connectivity index (χ0) is 22.8. The van der Waals surface area contributed by atoms with Crippen molar-refractivity contribution in [2.45, 2.75) is 33.3 Å². The molecular formula is C23H22F2N4O3. The fraction of sp³-hybridized carbons (Fsp3) is 0.261. The lowest BCUT2D eigenvalue weighted by atomic mass is 10.1. The van der Waals surface area contributed by atoms with Gasteiger partial charge >= 0.3 is 6.61 Å². The predicted molar refractivity (Wildman–Crippen MR) is 117 cm³/mol. The van der Waals surface area contributed by atoms with Crippen LogP contribution in [0.3, 0.4) is 0 Å². The lowest BCUT2D eigenvalue weighted by Crippen LogP contribution is -2.14. The SMILES string of the molecule is COc1ccc(NC(=O)CCc2c(C)nc3c4ccccc4nn3c2C)cc1OC(F)F. The van der Waals surface area contributed by atoms with Crippen molar-refractivity contribution in [1.29, 1.82) is 0 Å². The highest BCUT2D eigenvalue weighted by Gasteiger charge is 2.16. The van der Waals surface area contributed by atoms with Gasteiger partial charge in [-0.15, -0.1) is 0 Å². The molecule has 0 atom stereocenters. The van der Waals surface area contributed by atoms with Crippen LogP contribution in [0.25, 0.3) is 16.6 Å². The van der Waals surface area contributed by atoms with E-state index in [1.54, 1.807) is 6.07 Å². The molecule has 0 unspecified atom stereocenters. The summed E-state index contributed by atoms with van der Waals surface area (Å²) in [7, 11) is 1.35. The fourth-order valence-corrected chi connectivity index (χ4v) is 3.74. The van der Waals surface area contributed by atoms with E-state index in [0.29, 0.717) is 12.1 Å². The summed E-state index contributed by atoms with van der Waals surface area (Å²) in [5.41, 5.74) is 4.69. The van der Waals surface area contributed by atoms with E-state index in [1.807, 2.05) is 42.6 Å². The molecule has 4 rings (SSSR count). The van der Waals surface area contributed by atoms with Crippen molar-refractivity contribution in [3.63, 3.8) is 0 Å². The van der Waals surface area contributed by atoms with Gasteiger partial charge in [0.2, 0.25) is 5.91 Å². The lowest BCUT2D eigenvalue weighted by Gasteiger charge is -2.13. The van der Waals surface area contributed by atoms with E-state index >= 15 is 0 Å². The van der Waals surface area contributed by atoms with Gasteiger partial charge in [0, 0.05) is 34.9 Å². The van der Waals surface area contributed by atoms with Gasteiger partial charge in [-0.3, -0.25) is 4.79 Å². The number of halogens is 2. The van der Waals surface area contributed by atoms with Crippen LogP contribution in [0.2, 0.25) is 0 Å². The molecule has 4 aromatic rings. The van der Waals surface area contributed by atoms with Crippen LogP contribution in [0, 0.1) is 13.8 Å². The Hall–Kier alpha value is -3.75. The molecular weight excluding hydrogens is 418 g/mol. The number of benzene rings is 2. The highest BCUT2D eigenvalue weighted by atomic mass is 19.3. The first-order valence-corrected chi connectivity index (χ1v) is 10.0. The zero-order valence-electron chi connectivity index (χ0n) is 17.9. The monoisotopic (exact) mass is 440 g/mol. The van der Waals surface area contributed by atoms with Crippen molar-refractivity contribution in [3.05, 3.63) is 59.4 Å². The number of carbonyl (C=O) groups is 1. The van der Waals surface area contributed by atoms with Gasteiger partial charge in [0.15, 0.2) is 17.1 Å². The predicted octanol–water partition coefficient (Wildman–Crippen LogP) is 4.68. The summed E-state index contributed by atoms with van der Waals surface area (Å²) in [6, 6.07) is 12.1. The summed E-state index contributed by atoms with van der Waals surface area (Å²) < 4.78 is 36.5. The molecule has 166 valence electrons. The maximum atomic E-state index is 12.6. The first-order valence-electron chi connectivity index (χ1n) is 10.0. The Morgan fingerprint density at radius 2 is 1.94 bits per heavy atom. The van der Waals surface area contributed by atoms with Crippen LogP contribution >= 0.6 is 0 Å². The second-order valence-electron chi connectivity index (χ2n) is 7.31. The third-order valence-electron chi connectivity index (χ3n) is 5.28. The highest BCUT2D eigenvalue weighted by Crippen LogP contribution is 2.31. The molecule has 2 aromatic carbocycles. The van der Waals surface area contributed by atoms with Crippen molar-refractivity contribution in [2.24, 2.45) is 0 Å². The molecule has 7 nitrogen and oxygen atoms in total. The molecule has 0 aliphatic rings. The Morgan fingerprint density at radius 3 is 2.69 bits per heavy atom. The number of nitrogens with one attached hydrogen (secondary N) is 1. The minimum absolute atomic E-state index is 0.146. The van der Waals surface area contributed by atoms with Crippen LogP contribution in [0.15, 0.2) is 42.5 Å². The number of aromatic nitrogens is 3. The molecule has 9 heteroatoms. The number of aryl methyl sites for hydroxylation is 2. The van der Waals surface area contributed by atoms with Gasteiger partial charge in [0.25, 0.3) is 0 Å². The van der Waals surface area contributed by atoms with Crippen LogP contribution in [-0.4, -0.2) is 34.2 Å². The van der Waals surface area contributed by atoms with Gasteiger partial charge in [-0.1, -0.05) is 12.1 Å². The van der Waals surface area contributed by atoms with Crippen LogP contribution in [-0.2, 0) is 11.2 Å². The number of methoxy groups -OCH3 is 1. The maximum absolute atomic E-state index is 12.6. The van der Waals surface area contributed by atoms with Gasteiger partial charge in [-0.25, -0.2) is 9.50 Å². The van der Waals surface area contributed by atoms with E-state index < -0.39 is 6.61 Å². The molecule has 0 spiro atoms. The average Bonchev–Trinajstić information content (AvgIpc) is 3.12. The Kier molecular flexibility index (Phi) is 5.89. The molecule has 0 saturated heterocycles. The standard InChI is InChI=1S/C23H22F2N4O3/c1-13-16(14(2)29-22(26-13)17-6-4-5-7-18(17)28-29)9-11-21(30)27-15-8-10-19(31-3)20(12-15)32-23(24)25/h4-8,10,12,23H,9,11H2,1-3H3,(H,27,30). The Bertz CT molecular complexity index is 1300. The van der Waals surface area contributed by atoms with Crippen molar-refractivity contribution in [3.8, 4) is 11.5 Å². The Balaban J connectivity index is 1.51. The number of nitrogens with zero attached hydrogens (tertiary/aromatic N) is 3. The third kappa shape index (κ3) is 4.18. The number of anilines is 1. The molecule has 2 aromatic heterocycles. The van der Waals surface area contributed by atoms with E-state index in [9.17, 15) is 13.6 Å². The minimum atomic E-state index is -3.00. The molecule has 1 amide bonds. The van der Waals surface area contributed by atoms with Gasteiger partial charge in [0.05, 0.1) is 12.6 Å². The van der Waals surface area contributed by atoms with Crippen molar-refractivity contribution < 1.29 is 23.0 Å². The lowest BCUT2D eigenvalue weighted by molar-refractivity contribution is -0.116. The smallest absolute Gasteiger partial charge is 0.387 e. The molecule has 1 N–H and O–H groups in total. The van der Waals surface area contributed by atoms with Gasteiger partial charge < -0.3 is 14.8 Å². The summed E-state index contributed by atoms with van der Waals surface area (Å²) >= 11 is 0. The second-order valence-corrected chi connectivity index (χ2v) is 7.31. The van der Waals surface area contributed by atoms with Crippen LogP contribution in [0.5, 0.6) is 11.5 Å². The summed E-state index contributed by atoms with van der Waals surface area (Å²) in [4.78, 5) is 17.2. The Morgan fingerprint density at radius 1 is 1.16 bits per heavy atom. The number of alkyl halides is 2. The zero-order valence-corrected chi connectivity index (χ0v) is 17.9. The topological polar surface area (TPSA) is 77.8 Å². The number of ether oxygens (including phenoxy) is 2. The normalized spacial score (nSPS) is 11.3. The molecule has 0 aliphatic carbocycles. The van der Waals surface area contributed by atoms with Gasteiger partial charge in [-0.05, 0) is 50.1 Å². The Labute approximate surface area is 183 Å². The number of amides is 1. The largest absolute Gasteiger partial charge is 0.493 e. The first kappa shape index (κ1) is 21.5. The molecule has 0 radical (unpaired) electrons. The summed E-state index contributed by atoms with van der Waals surface area (Å²) in [6.45, 7) is 0.875. The van der Waals surface area contributed by atoms with E-state index in [0.717, 1.165) is 33.5 Å². The molecule has 0 fully saturated rings. The number of hydrogen-bond donors (Lipinski definition) is 1. The molecule has 2 heterocycles. The summed E-state index contributed by atoms with van der Waals surface area (Å²) in [6.07, 6.45) is 0.645. The van der Waals surface area contributed by atoms with Crippen LogP contribution in [0.1, 0.15) is 23.4 Å². The number of rotatable bonds is 7. The van der Waals surface area contributed by atoms with E-state index in [1.165, 1.54) is 19.2 Å². The quantitative estimate of drug-likeness (QED) is 0.452. The highest BCUT2D eigenvalue weighted by molar-refractivity contribution is 5.92. The maximum Gasteiger partial charge on any atom is 0.387 e. The molecule has 0 saturated carbocycles. The number of hydrogen-bond acceptors (Lipinski definition) is 5. The van der Waals surface area contributed by atoms with Crippen molar-refractivity contribution >= 4 is 28.1 Å². The minimum Gasteiger partial charge on any atom is -0.493 e. The number of carbonyl (C=O) groups excluding carboxylic acids is 1. The summed E-state index contributed by atoms with van der Waals surface area (Å²) in [5.74, 6) is -0.254. The van der Waals surface area contributed by atoms with Crippen molar-refractivity contribution in [1.82, 2.24) is 14.6 Å². The van der Waals surface area contributed by atoms with E-state index in [-0.39, 0.29) is 23.8 Å². The van der Waals surface area contributed by atoms with Gasteiger partial charge in [0.1, 0.15) is 0 Å². The van der Waals surface area contributed by atoms with E-state index in [4.69, 9.17) is 9.72 Å². The van der Waals surface area contributed by atoms with Crippen LogP contribution in [0.4, 0.5) is 14.5 Å². The summed E-state index contributed by atoms with van der Waals surface area (Å²) in [5, 5.41) is 8.32. The van der Waals surface area contributed by atoms with E-state index in [2.05, 4.69) is 15.2 Å². The van der Waals surface area contributed by atoms with Crippen LogP contribution < -0.4 is 14.8 Å². The average molecular weight is 440 g/mol. The fourth-order valence-electron chi connectivity index (χ4n) is 3.74. The number of fused-ring (bicyclic) bond motifs is 3. The molecule has 32 heavy (non-hydrogen) atoms. The van der Waals surface area contributed by atoms with Gasteiger partial charge in [-0.2, -0.15) is 13.9 Å². The second kappa shape index (κ2) is 8.78. The molecule has 0 bridgehead atoms. The first-order chi connectivity index (χ1) is 15.4. The van der Waals surface area contributed by atoms with Crippen molar-refractivity contribution in [2.75, 3.05) is 12.4 Å².